The molecule has 1 heterocycles. The van der Waals surface area contributed by atoms with Gasteiger partial charge < -0.3 is 9.64 Å². The first-order chi connectivity index (χ1) is 15.2. The fourth-order valence-electron chi connectivity index (χ4n) is 3.11. The molecule has 3 rings (SSSR count). The molecule has 0 saturated heterocycles. The maximum absolute atomic E-state index is 13.1. The van der Waals surface area contributed by atoms with Crippen LogP contribution in [-0.4, -0.2) is 63.8 Å². The molecule has 0 spiro atoms. The molecule has 7 nitrogen and oxygen atoms in total. The van der Waals surface area contributed by atoms with Crippen molar-refractivity contribution in [3.05, 3.63) is 48.0 Å². The minimum atomic E-state index is -3.55. The van der Waals surface area contributed by atoms with Gasteiger partial charge in [-0.1, -0.05) is 29.0 Å². The third-order valence-electron chi connectivity index (χ3n) is 4.93. The Morgan fingerprint density at radius 1 is 1.09 bits per heavy atom. The van der Waals surface area contributed by atoms with E-state index in [2.05, 4.69) is 4.98 Å². The second-order valence-corrected chi connectivity index (χ2v) is 10.9. The largest absolute Gasteiger partial charge is 0.494 e. The number of anilines is 1. The van der Waals surface area contributed by atoms with Crippen LogP contribution in [0.4, 0.5) is 5.13 Å². The van der Waals surface area contributed by atoms with Crippen LogP contribution in [0.3, 0.4) is 0 Å². The standard InChI is InChI=1S/C23H29N3O4S2/c1-5-30-18-8-11-20-21(16-18)31-23(24-20)26(14-13-25(3)4)22(27)12-15-32(28,29)19-9-6-17(2)7-10-19/h6-11,16H,5,12-15H2,1-4H3. The number of likely N-dealkylation sites (N-methyl/N-ethyl adjacent to an activating group) is 1. The molecule has 3 aromatic rings. The highest BCUT2D eigenvalue weighted by molar-refractivity contribution is 7.91. The lowest BCUT2D eigenvalue weighted by atomic mass is 10.2. The van der Waals surface area contributed by atoms with Gasteiger partial charge in [-0.3, -0.25) is 9.69 Å². The molecule has 1 aromatic heterocycles. The van der Waals surface area contributed by atoms with Crippen LogP contribution in [0.15, 0.2) is 47.4 Å². The van der Waals surface area contributed by atoms with Crippen LogP contribution in [-0.2, 0) is 14.6 Å². The van der Waals surface area contributed by atoms with Crippen molar-refractivity contribution >= 4 is 42.4 Å². The van der Waals surface area contributed by atoms with Crippen molar-refractivity contribution in [2.45, 2.75) is 25.2 Å². The van der Waals surface area contributed by atoms with Crippen molar-refractivity contribution in [3.8, 4) is 5.75 Å². The van der Waals surface area contributed by atoms with Gasteiger partial charge in [-0.05, 0) is 58.3 Å². The van der Waals surface area contributed by atoms with E-state index in [4.69, 9.17) is 4.74 Å². The number of hydrogen-bond acceptors (Lipinski definition) is 7. The lowest BCUT2D eigenvalue weighted by molar-refractivity contribution is -0.118. The van der Waals surface area contributed by atoms with E-state index >= 15 is 0 Å². The summed E-state index contributed by atoms with van der Waals surface area (Å²) < 4.78 is 31.9. The average molecular weight is 476 g/mol. The molecule has 0 unspecified atom stereocenters. The fourth-order valence-corrected chi connectivity index (χ4v) is 5.38. The maximum Gasteiger partial charge on any atom is 0.229 e. The Labute approximate surface area is 193 Å². The van der Waals surface area contributed by atoms with E-state index in [0.29, 0.717) is 24.8 Å². The Morgan fingerprint density at radius 3 is 2.47 bits per heavy atom. The fraction of sp³-hybridized carbons (Fsp3) is 0.391. The van der Waals surface area contributed by atoms with E-state index in [0.717, 1.165) is 21.5 Å². The third-order valence-corrected chi connectivity index (χ3v) is 7.70. The summed E-state index contributed by atoms with van der Waals surface area (Å²) in [5, 5.41) is 0.563. The zero-order valence-electron chi connectivity index (χ0n) is 18.9. The molecule has 0 N–H and O–H groups in total. The summed E-state index contributed by atoms with van der Waals surface area (Å²) in [5.74, 6) is 0.254. The maximum atomic E-state index is 13.1. The normalized spacial score (nSPS) is 11.8. The van der Waals surface area contributed by atoms with Gasteiger partial charge in [0.25, 0.3) is 0 Å². The summed E-state index contributed by atoms with van der Waals surface area (Å²) in [5.41, 5.74) is 1.77. The van der Waals surface area contributed by atoms with Gasteiger partial charge in [0.2, 0.25) is 5.91 Å². The number of ether oxygens (including phenoxy) is 1. The van der Waals surface area contributed by atoms with E-state index < -0.39 is 9.84 Å². The first-order valence-electron chi connectivity index (χ1n) is 10.5. The molecule has 0 radical (unpaired) electrons. The molecule has 0 bridgehead atoms. The lowest BCUT2D eigenvalue weighted by Crippen LogP contribution is -2.37. The summed E-state index contributed by atoms with van der Waals surface area (Å²) in [6, 6.07) is 12.3. The van der Waals surface area contributed by atoms with Gasteiger partial charge in [0.1, 0.15) is 5.75 Å². The van der Waals surface area contributed by atoms with E-state index in [1.807, 2.05) is 51.0 Å². The van der Waals surface area contributed by atoms with Crippen LogP contribution >= 0.6 is 11.3 Å². The average Bonchev–Trinajstić information content (AvgIpc) is 3.16. The molecular weight excluding hydrogens is 446 g/mol. The van der Waals surface area contributed by atoms with Gasteiger partial charge in [0.05, 0.1) is 27.5 Å². The molecule has 0 saturated carbocycles. The van der Waals surface area contributed by atoms with Crippen molar-refractivity contribution in [1.82, 2.24) is 9.88 Å². The molecule has 0 atom stereocenters. The minimum absolute atomic E-state index is 0.107. The highest BCUT2D eigenvalue weighted by Gasteiger charge is 2.23. The molecule has 9 heteroatoms. The number of nitrogens with zero attached hydrogens (tertiary/aromatic N) is 3. The lowest BCUT2D eigenvalue weighted by Gasteiger charge is -2.22. The predicted octanol–water partition coefficient (Wildman–Crippen LogP) is 3.76. The van der Waals surface area contributed by atoms with Crippen molar-refractivity contribution in [1.29, 1.82) is 0 Å². The monoisotopic (exact) mass is 475 g/mol. The number of thiazole rings is 1. The highest BCUT2D eigenvalue weighted by atomic mass is 32.2. The molecule has 0 aliphatic carbocycles. The van der Waals surface area contributed by atoms with Crippen LogP contribution in [0.25, 0.3) is 10.2 Å². The number of sulfone groups is 1. The smallest absolute Gasteiger partial charge is 0.229 e. The van der Waals surface area contributed by atoms with Crippen molar-refractivity contribution in [3.63, 3.8) is 0 Å². The van der Waals surface area contributed by atoms with Gasteiger partial charge in [-0.15, -0.1) is 0 Å². The molecule has 172 valence electrons. The number of amides is 1. The number of aryl methyl sites for hydroxylation is 1. The van der Waals surface area contributed by atoms with Crippen LogP contribution in [0.1, 0.15) is 18.9 Å². The summed E-state index contributed by atoms with van der Waals surface area (Å²) >= 11 is 1.40. The molecule has 32 heavy (non-hydrogen) atoms. The SMILES string of the molecule is CCOc1ccc2nc(N(CCN(C)C)C(=O)CCS(=O)(=O)c3ccc(C)cc3)sc2c1. The van der Waals surface area contributed by atoms with E-state index in [1.165, 1.54) is 11.3 Å². The first-order valence-corrected chi connectivity index (χ1v) is 12.9. The number of carbonyl (C=O) groups excluding carboxylic acids is 1. The number of rotatable bonds is 10. The van der Waals surface area contributed by atoms with Gasteiger partial charge >= 0.3 is 0 Å². The summed E-state index contributed by atoms with van der Waals surface area (Å²) in [4.78, 5) is 21.5. The van der Waals surface area contributed by atoms with E-state index in [9.17, 15) is 13.2 Å². The van der Waals surface area contributed by atoms with Crippen LogP contribution in [0, 0.1) is 6.92 Å². The number of benzene rings is 2. The Bertz CT molecular complexity index is 1170. The second kappa shape index (κ2) is 10.4. The molecule has 2 aromatic carbocycles. The summed E-state index contributed by atoms with van der Waals surface area (Å²) in [7, 11) is 0.308. The molecule has 1 amide bonds. The predicted molar refractivity (Wildman–Crippen MR) is 130 cm³/mol. The van der Waals surface area contributed by atoms with Crippen LogP contribution in [0.2, 0.25) is 0 Å². The molecule has 0 aliphatic rings. The van der Waals surface area contributed by atoms with Crippen LogP contribution in [0.5, 0.6) is 5.75 Å². The molecule has 0 fully saturated rings. The minimum Gasteiger partial charge on any atom is -0.494 e. The van der Waals surface area contributed by atoms with Gasteiger partial charge in [-0.2, -0.15) is 0 Å². The van der Waals surface area contributed by atoms with Crippen molar-refractivity contribution in [2.75, 3.05) is 44.4 Å². The van der Waals surface area contributed by atoms with Gasteiger partial charge in [0, 0.05) is 19.5 Å². The summed E-state index contributed by atoms with van der Waals surface area (Å²) in [6.45, 7) is 5.46. The number of aromatic nitrogens is 1. The van der Waals surface area contributed by atoms with Gasteiger partial charge in [0.15, 0.2) is 15.0 Å². The van der Waals surface area contributed by atoms with Crippen LogP contribution < -0.4 is 9.64 Å². The third kappa shape index (κ3) is 6.05. The zero-order valence-corrected chi connectivity index (χ0v) is 20.5. The number of fused-ring (bicyclic) bond motifs is 1. The van der Waals surface area contributed by atoms with E-state index in [1.54, 1.807) is 29.2 Å². The molecular formula is C23H29N3O4S2. The Kier molecular flexibility index (Phi) is 7.86. The topological polar surface area (TPSA) is 79.8 Å². The Morgan fingerprint density at radius 2 is 1.81 bits per heavy atom. The highest BCUT2D eigenvalue weighted by Crippen LogP contribution is 2.32. The van der Waals surface area contributed by atoms with Gasteiger partial charge in [-0.25, -0.2) is 13.4 Å². The number of carbonyl (C=O) groups is 1. The zero-order chi connectivity index (χ0) is 23.3. The Balaban J connectivity index is 1.80. The summed E-state index contributed by atoms with van der Waals surface area (Å²) in [6.07, 6.45) is -0.107. The molecule has 0 aliphatic heterocycles. The van der Waals surface area contributed by atoms with Crippen molar-refractivity contribution < 1.29 is 17.9 Å². The number of hydrogen-bond donors (Lipinski definition) is 0. The Hall–Kier alpha value is -2.49. The second-order valence-electron chi connectivity index (χ2n) is 7.79. The van der Waals surface area contributed by atoms with E-state index in [-0.39, 0.29) is 23.0 Å². The van der Waals surface area contributed by atoms with Crippen molar-refractivity contribution in [2.24, 2.45) is 0 Å². The first kappa shape index (κ1) is 24.2. The quantitative estimate of drug-likeness (QED) is 0.444.